The van der Waals surface area contributed by atoms with Crippen LogP contribution in [0.3, 0.4) is 0 Å². The molecule has 1 aromatic heterocycles. The van der Waals surface area contributed by atoms with Gasteiger partial charge in [-0.1, -0.05) is 23.7 Å². The Balaban J connectivity index is 1.69. The Morgan fingerprint density at radius 1 is 1.27 bits per heavy atom. The molecule has 138 valence electrons. The number of hydrogen-bond acceptors (Lipinski definition) is 4. The van der Waals surface area contributed by atoms with E-state index < -0.39 is 0 Å². The van der Waals surface area contributed by atoms with Gasteiger partial charge in [-0.3, -0.25) is 4.79 Å². The number of benzene rings is 1. The molecular weight excluding hydrogens is 371 g/mol. The smallest absolute Gasteiger partial charge is 0.276 e. The lowest BCUT2D eigenvalue weighted by Gasteiger charge is -2.29. The average molecular weight is 393 g/mol. The summed E-state index contributed by atoms with van der Waals surface area (Å²) in [6.45, 7) is 3.08. The minimum atomic E-state index is -0.326. The predicted molar refractivity (Wildman–Crippen MR) is 107 cm³/mol. The second-order valence-electron chi connectivity index (χ2n) is 6.59. The highest BCUT2D eigenvalue weighted by Crippen LogP contribution is 2.24. The van der Waals surface area contributed by atoms with Crippen molar-refractivity contribution < 1.29 is 4.79 Å². The molecule has 1 amide bonds. The van der Waals surface area contributed by atoms with Gasteiger partial charge in [-0.25, -0.2) is 4.98 Å². The van der Waals surface area contributed by atoms with Crippen LogP contribution in [0.2, 0.25) is 5.02 Å². The van der Waals surface area contributed by atoms with E-state index in [1.54, 1.807) is 18.2 Å². The van der Waals surface area contributed by atoms with Gasteiger partial charge in [-0.15, -0.1) is 0 Å². The molecule has 0 spiro atoms. The summed E-state index contributed by atoms with van der Waals surface area (Å²) in [7, 11) is 2.15. The van der Waals surface area contributed by atoms with Crippen LogP contribution in [0.5, 0.6) is 0 Å². The molecule has 1 aliphatic rings. The largest absolute Gasteiger partial charge is 0.384 e. The number of pyridine rings is 1. The molecule has 1 saturated heterocycles. The molecule has 0 atom stereocenters. The zero-order valence-corrected chi connectivity index (χ0v) is 16.2. The number of nitrogens with zero attached hydrogens (tertiary/aromatic N) is 3. The van der Waals surface area contributed by atoms with E-state index in [0.717, 1.165) is 42.6 Å². The summed E-state index contributed by atoms with van der Waals surface area (Å²) in [6, 6.07) is 10.7. The molecule has 1 fully saturated rings. The van der Waals surface area contributed by atoms with E-state index in [9.17, 15) is 4.79 Å². The van der Waals surface area contributed by atoms with Gasteiger partial charge in [0.25, 0.3) is 5.91 Å². The molecule has 2 heterocycles. The standard InChI is InChI=1S/C19H22Cl2N4O/c1-24-10-8-14(9-11-24)12-22-17-5-3-2-4-16(17)19(26)25(21)18-7-6-15(20)13-23-18/h2-7,13-14,22H,8-12H2,1H3. The van der Waals surface area contributed by atoms with Crippen molar-refractivity contribution in [2.75, 3.05) is 36.4 Å². The van der Waals surface area contributed by atoms with Gasteiger partial charge in [0.15, 0.2) is 5.82 Å². The quantitative estimate of drug-likeness (QED) is 0.770. The van der Waals surface area contributed by atoms with Crippen LogP contribution in [-0.4, -0.2) is 42.5 Å². The van der Waals surface area contributed by atoms with Crippen LogP contribution in [0.25, 0.3) is 0 Å². The highest BCUT2D eigenvalue weighted by molar-refractivity contribution is 6.39. The molecule has 0 saturated carbocycles. The Morgan fingerprint density at radius 3 is 2.69 bits per heavy atom. The van der Waals surface area contributed by atoms with Crippen molar-refractivity contribution >= 4 is 40.8 Å². The first-order chi connectivity index (χ1) is 12.5. The summed E-state index contributed by atoms with van der Waals surface area (Å²) in [4.78, 5) is 19.3. The Kier molecular flexibility index (Phi) is 6.35. The maximum Gasteiger partial charge on any atom is 0.276 e. The van der Waals surface area contributed by atoms with Crippen LogP contribution in [0, 0.1) is 5.92 Å². The molecule has 0 radical (unpaired) electrons. The fraction of sp³-hybridized carbons (Fsp3) is 0.368. The number of hydrogen-bond donors (Lipinski definition) is 1. The molecule has 26 heavy (non-hydrogen) atoms. The van der Waals surface area contributed by atoms with Crippen molar-refractivity contribution in [3.63, 3.8) is 0 Å². The molecule has 0 unspecified atom stereocenters. The molecule has 2 aromatic rings. The number of anilines is 2. The van der Waals surface area contributed by atoms with Gasteiger partial charge in [0, 0.05) is 30.2 Å². The minimum Gasteiger partial charge on any atom is -0.384 e. The molecular formula is C19H22Cl2N4O. The number of piperidine rings is 1. The van der Waals surface area contributed by atoms with E-state index in [1.165, 1.54) is 6.20 Å². The van der Waals surface area contributed by atoms with E-state index in [0.29, 0.717) is 22.3 Å². The van der Waals surface area contributed by atoms with Gasteiger partial charge in [0.05, 0.1) is 10.6 Å². The fourth-order valence-electron chi connectivity index (χ4n) is 3.04. The molecule has 1 aromatic carbocycles. The van der Waals surface area contributed by atoms with Crippen LogP contribution >= 0.6 is 23.4 Å². The number of halogens is 2. The normalized spacial score (nSPS) is 15.7. The van der Waals surface area contributed by atoms with Crippen LogP contribution in [0.1, 0.15) is 23.2 Å². The first kappa shape index (κ1) is 19.0. The van der Waals surface area contributed by atoms with Gasteiger partial charge in [-0.05, 0) is 63.2 Å². The summed E-state index contributed by atoms with van der Waals surface area (Å²) >= 11 is 12.1. The number of amides is 1. The van der Waals surface area contributed by atoms with Gasteiger partial charge >= 0.3 is 0 Å². The number of nitrogens with one attached hydrogen (secondary N) is 1. The molecule has 5 nitrogen and oxygen atoms in total. The Bertz CT molecular complexity index is 745. The lowest BCUT2D eigenvalue weighted by Crippen LogP contribution is -2.33. The minimum absolute atomic E-state index is 0.326. The van der Waals surface area contributed by atoms with E-state index in [-0.39, 0.29) is 5.91 Å². The van der Waals surface area contributed by atoms with Crippen LogP contribution in [0.15, 0.2) is 42.6 Å². The third kappa shape index (κ3) is 4.67. The first-order valence-electron chi connectivity index (χ1n) is 8.68. The number of carbonyl (C=O) groups is 1. The van der Waals surface area contributed by atoms with Gasteiger partial charge in [0.1, 0.15) is 0 Å². The highest BCUT2D eigenvalue weighted by Gasteiger charge is 2.21. The lowest BCUT2D eigenvalue weighted by molar-refractivity contribution is 0.101. The third-order valence-electron chi connectivity index (χ3n) is 4.67. The lowest BCUT2D eigenvalue weighted by atomic mass is 9.97. The third-order valence-corrected chi connectivity index (χ3v) is 5.22. The molecule has 0 bridgehead atoms. The summed E-state index contributed by atoms with van der Waals surface area (Å²) in [5.41, 5.74) is 1.31. The van der Waals surface area contributed by atoms with Gasteiger partial charge in [0.2, 0.25) is 0 Å². The van der Waals surface area contributed by atoms with E-state index in [2.05, 4.69) is 22.2 Å². The summed E-state index contributed by atoms with van der Waals surface area (Å²) in [5.74, 6) is 0.624. The predicted octanol–water partition coefficient (Wildman–Crippen LogP) is 4.29. The molecule has 0 aliphatic carbocycles. The average Bonchev–Trinajstić information content (AvgIpc) is 2.67. The summed E-state index contributed by atoms with van der Waals surface area (Å²) in [6.07, 6.45) is 3.79. The summed E-state index contributed by atoms with van der Waals surface area (Å²) in [5, 5.41) is 3.92. The van der Waals surface area contributed by atoms with Crippen molar-refractivity contribution in [2.45, 2.75) is 12.8 Å². The van der Waals surface area contributed by atoms with Crippen LogP contribution < -0.4 is 9.74 Å². The number of likely N-dealkylation sites (tertiary alicyclic amines) is 1. The van der Waals surface area contributed by atoms with Gasteiger partial charge in [-0.2, -0.15) is 4.42 Å². The molecule has 1 aliphatic heterocycles. The molecule has 3 rings (SSSR count). The first-order valence-corrected chi connectivity index (χ1v) is 9.39. The molecule has 7 heteroatoms. The van der Waals surface area contributed by atoms with Crippen molar-refractivity contribution in [1.29, 1.82) is 0 Å². The fourth-order valence-corrected chi connectivity index (χ4v) is 3.34. The Hall–Kier alpha value is -1.82. The van der Waals surface area contributed by atoms with Gasteiger partial charge < -0.3 is 10.2 Å². The maximum atomic E-state index is 12.8. The Morgan fingerprint density at radius 2 is 2.00 bits per heavy atom. The topological polar surface area (TPSA) is 48.5 Å². The molecule has 1 N–H and O–H groups in total. The second-order valence-corrected chi connectivity index (χ2v) is 7.37. The van der Waals surface area contributed by atoms with Crippen molar-refractivity contribution in [2.24, 2.45) is 5.92 Å². The van der Waals surface area contributed by atoms with Crippen molar-refractivity contribution in [1.82, 2.24) is 9.88 Å². The van der Waals surface area contributed by atoms with Crippen molar-refractivity contribution in [3.05, 3.63) is 53.2 Å². The van der Waals surface area contributed by atoms with E-state index in [4.69, 9.17) is 23.4 Å². The van der Waals surface area contributed by atoms with E-state index in [1.807, 2.05) is 18.2 Å². The SMILES string of the molecule is CN1CCC(CNc2ccccc2C(=O)N(Cl)c2ccc(Cl)cn2)CC1. The van der Waals surface area contributed by atoms with Crippen molar-refractivity contribution in [3.8, 4) is 0 Å². The zero-order valence-electron chi connectivity index (χ0n) is 14.7. The van der Waals surface area contributed by atoms with E-state index >= 15 is 0 Å². The Labute approximate surface area is 164 Å². The number of aromatic nitrogens is 1. The van der Waals surface area contributed by atoms with Crippen LogP contribution in [-0.2, 0) is 0 Å². The second kappa shape index (κ2) is 8.71. The summed E-state index contributed by atoms with van der Waals surface area (Å²) < 4.78 is 1.02. The number of carbonyl (C=O) groups excluding carboxylic acids is 1. The highest BCUT2D eigenvalue weighted by atomic mass is 35.5. The maximum absolute atomic E-state index is 12.8. The zero-order chi connectivity index (χ0) is 18.5. The van der Waals surface area contributed by atoms with Crippen LogP contribution in [0.4, 0.5) is 11.5 Å². The number of para-hydroxylation sites is 1. The monoisotopic (exact) mass is 392 g/mol. The number of rotatable bonds is 5.